The summed E-state index contributed by atoms with van der Waals surface area (Å²) in [6.45, 7) is 10.8. The quantitative estimate of drug-likeness (QED) is 0.0924. The van der Waals surface area contributed by atoms with E-state index < -0.39 is 24.0 Å². The van der Waals surface area contributed by atoms with E-state index in [-0.39, 0.29) is 42.7 Å². The van der Waals surface area contributed by atoms with Gasteiger partial charge in [-0.1, -0.05) is 123 Å². The van der Waals surface area contributed by atoms with Crippen LogP contribution in [-0.4, -0.2) is 113 Å². The first-order valence-electron chi connectivity index (χ1n) is 22.5. The summed E-state index contributed by atoms with van der Waals surface area (Å²) in [6.07, 6.45) is 1.70. The Morgan fingerprint density at radius 2 is 1.01 bits per heavy atom. The zero-order chi connectivity index (χ0) is 49.5. The van der Waals surface area contributed by atoms with Gasteiger partial charge in [-0.25, -0.2) is 19.6 Å². The van der Waals surface area contributed by atoms with Crippen LogP contribution < -0.4 is 28.7 Å². The average molecular weight is 1070 g/mol. The van der Waals surface area contributed by atoms with Crippen LogP contribution in [0.1, 0.15) is 58.2 Å². The van der Waals surface area contributed by atoms with E-state index in [9.17, 15) is 24.3 Å². The van der Waals surface area contributed by atoms with Crippen molar-refractivity contribution >= 4 is 103 Å². The molecule has 13 nitrogen and oxygen atoms in total. The van der Waals surface area contributed by atoms with Gasteiger partial charge >= 0.3 is 30.8 Å². The number of aliphatic carboxylic acids is 1. The first-order valence-corrected chi connectivity index (χ1v) is 25.6. The summed E-state index contributed by atoms with van der Waals surface area (Å²) in [4.78, 5) is 70.2. The maximum Gasteiger partial charge on any atom is 1.00 e. The first kappa shape index (κ1) is 57.2. The number of carboxylic acids is 1. The van der Waals surface area contributed by atoms with E-state index in [0.29, 0.717) is 75.8 Å². The SMILES string of the molecule is CC(C)Cc1sc(N2CCN(C(=O)c3ccccc3)C(C(=O)O)C2)nc1-c1ccc(Cl)c(Cl)c1.COC(=O)C1CN(c2nc(-c3ccc(Cl)c(Cl)c3)c(CC(C)C)s2)CCN1C(=O)c1ccccc1.[Li+].[OH-]. The van der Waals surface area contributed by atoms with Crippen molar-refractivity contribution < 1.29 is 53.4 Å². The summed E-state index contributed by atoms with van der Waals surface area (Å²) >= 11 is 27.9. The molecule has 2 atom stereocenters. The van der Waals surface area contributed by atoms with Gasteiger partial charge in [0.05, 0.1) is 51.7 Å². The number of amides is 2. The fourth-order valence-electron chi connectivity index (χ4n) is 8.15. The second kappa shape index (κ2) is 25.8. The second-order valence-corrected chi connectivity index (χ2v) is 21.3. The molecule has 2 fully saturated rings. The van der Waals surface area contributed by atoms with Crippen LogP contribution in [0.3, 0.4) is 0 Å². The number of halogens is 4. The van der Waals surface area contributed by atoms with Crippen LogP contribution in [0.2, 0.25) is 20.1 Å². The van der Waals surface area contributed by atoms with Crippen LogP contribution in [0.25, 0.3) is 22.5 Å². The second-order valence-electron chi connectivity index (χ2n) is 17.5. The molecule has 0 radical (unpaired) electrons. The van der Waals surface area contributed by atoms with Gasteiger partial charge in [-0.3, -0.25) is 9.59 Å². The summed E-state index contributed by atoms with van der Waals surface area (Å²) in [5.74, 6) is -1.07. The molecule has 71 heavy (non-hydrogen) atoms. The maximum atomic E-state index is 13.2. The normalized spacial score (nSPS) is 15.6. The molecule has 2 unspecified atom stereocenters. The van der Waals surface area contributed by atoms with Crippen LogP contribution in [0.4, 0.5) is 10.3 Å². The molecule has 0 bridgehead atoms. The predicted molar refractivity (Wildman–Crippen MR) is 281 cm³/mol. The number of rotatable bonds is 12. The Hall–Kier alpha value is -4.66. The molecule has 2 amide bonds. The van der Waals surface area contributed by atoms with E-state index in [2.05, 4.69) is 32.6 Å². The van der Waals surface area contributed by atoms with E-state index in [0.717, 1.165) is 55.4 Å². The standard InChI is InChI=1S/C26H27Cl2N3O3S.C25H25Cl2N3O3S.Li.H2O/c1-16(2)13-22-23(18-9-10-19(27)20(28)14-18)29-26(35-22)30-11-12-31(21(15-30)25(33)34-3)24(32)17-7-5-4-6-8-17;1-15(2)12-21-22(17-8-9-18(26)19(27)13-17)28-25(34-21)29-10-11-30(20(14-29)24(32)33)23(31)16-6-4-3-5-7-16;;/h4-10,14,16,21H,11-13,15H2,1-3H3;3-9,13,15,20H,10-12,14H2,1-2H3,(H,32,33);;1H2/q;;+1;/p-1. The van der Waals surface area contributed by atoms with Gasteiger partial charge in [0.2, 0.25) is 0 Å². The van der Waals surface area contributed by atoms with Gasteiger partial charge in [0, 0.05) is 58.2 Å². The van der Waals surface area contributed by atoms with Gasteiger partial charge in [-0.05, 0) is 73.2 Å². The maximum absolute atomic E-state index is 13.2. The van der Waals surface area contributed by atoms with E-state index in [1.807, 2.05) is 53.4 Å². The van der Waals surface area contributed by atoms with Crippen molar-refractivity contribution in [1.82, 2.24) is 19.8 Å². The molecule has 2 aliphatic heterocycles. The van der Waals surface area contributed by atoms with Gasteiger partial charge in [0.15, 0.2) is 10.3 Å². The number of carboxylic acid groups (broad SMARTS) is 1. The third kappa shape index (κ3) is 13.9. The van der Waals surface area contributed by atoms with Crippen molar-refractivity contribution in [2.24, 2.45) is 11.8 Å². The van der Waals surface area contributed by atoms with Gasteiger partial charge in [0.1, 0.15) is 12.1 Å². The zero-order valence-corrected chi connectivity index (χ0v) is 44.8. The van der Waals surface area contributed by atoms with E-state index >= 15 is 0 Å². The minimum absolute atomic E-state index is 0. The fraction of sp³-hybridized carbons (Fsp3) is 0.333. The number of hydrogen-bond acceptors (Lipinski definition) is 12. The molecule has 2 aliphatic rings. The monoisotopic (exact) mass is 1070 g/mol. The molecule has 2 N–H and O–H groups in total. The van der Waals surface area contributed by atoms with Crippen molar-refractivity contribution in [3.63, 3.8) is 0 Å². The molecule has 4 heterocycles. The Labute approximate surface area is 454 Å². The van der Waals surface area contributed by atoms with Gasteiger partial charge in [-0.15, -0.1) is 22.7 Å². The van der Waals surface area contributed by atoms with Crippen LogP contribution in [0.5, 0.6) is 0 Å². The topological polar surface area (TPSA) is 166 Å². The van der Waals surface area contributed by atoms with Gasteiger partial charge < -0.3 is 34.9 Å². The van der Waals surface area contributed by atoms with Crippen molar-refractivity contribution in [3.8, 4) is 22.5 Å². The number of thiazole rings is 2. The molecule has 0 saturated carbocycles. The number of carbonyl (C=O) groups excluding carboxylic acids is 3. The number of aromatic nitrogens is 2. The number of nitrogens with zero attached hydrogens (tertiary/aromatic N) is 6. The van der Waals surface area contributed by atoms with Crippen LogP contribution >= 0.6 is 69.1 Å². The number of methoxy groups -OCH3 is 1. The molecular weight excluding hydrogens is 1020 g/mol. The summed E-state index contributed by atoms with van der Waals surface area (Å²) < 4.78 is 5.06. The molecule has 6 aromatic rings. The Morgan fingerprint density at radius 1 is 0.620 bits per heavy atom. The van der Waals surface area contributed by atoms with Crippen molar-refractivity contribution in [3.05, 3.63) is 138 Å². The third-order valence-corrected chi connectivity index (χ3v) is 15.3. The summed E-state index contributed by atoms with van der Waals surface area (Å²) in [7, 11) is 1.35. The van der Waals surface area contributed by atoms with E-state index in [1.165, 1.54) is 12.0 Å². The summed E-state index contributed by atoms with van der Waals surface area (Å²) in [5.41, 5.74) is 4.51. The number of anilines is 2. The third-order valence-electron chi connectivity index (χ3n) is 11.6. The molecule has 2 saturated heterocycles. The van der Waals surface area contributed by atoms with Crippen molar-refractivity contribution in [2.45, 2.75) is 52.6 Å². The Kier molecular flexibility index (Phi) is 20.8. The predicted octanol–water partition coefficient (Wildman–Crippen LogP) is 8.38. The van der Waals surface area contributed by atoms with Crippen LogP contribution in [0, 0.1) is 11.8 Å². The van der Waals surface area contributed by atoms with Gasteiger partial charge in [-0.2, -0.15) is 0 Å². The number of esters is 1. The Bertz CT molecular complexity index is 2800. The molecule has 20 heteroatoms. The van der Waals surface area contributed by atoms with E-state index in [1.54, 1.807) is 76.1 Å². The Balaban J connectivity index is 0.000000257. The molecule has 8 rings (SSSR count). The minimum Gasteiger partial charge on any atom is -0.870 e. The number of ether oxygens (including phenoxy) is 1. The number of piperazine rings is 2. The van der Waals surface area contributed by atoms with Gasteiger partial charge in [0.25, 0.3) is 11.8 Å². The Morgan fingerprint density at radius 3 is 1.38 bits per heavy atom. The molecule has 370 valence electrons. The summed E-state index contributed by atoms with van der Waals surface area (Å²) in [6, 6.07) is 27.1. The molecule has 0 spiro atoms. The van der Waals surface area contributed by atoms with Crippen LogP contribution in [0.15, 0.2) is 97.1 Å². The molecule has 2 aromatic heterocycles. The molecule has 0 aliphatic carbocycles. The van der Waals surface area contributed by atoms with Crippen molar-refractivity contribution in [1.29, 1.82) is 0 Å². The fourth-order valence-corrected chi connectivity index (χ4v) is 11.4. The minimum atomic E-state index is -1.03. The van der Waals surface area contributed by atoms with Crippen molar-refractivity contribution in [2.75, 3.05) is 56.2 Å². The zero-order valence-electron chi connectivity index (χ0n) is 40.2. The average Bonchev–Trinajstić information content (AvgIpc) is 3.96. The largest absolute Gasteiger partial charge is 1.00 e. The summed E-state index contributed by atoms with van der Waals surface area (Å²) in [5, 5.41) is 13.4. The smallest absolute Gasteiger partial charge is 0.870 e. The number of hydrogen-bond donors (Lipinski definition) is 1. The first-order chi connectivity index (χ1) is 33.0. The number of benzene rings is 4. The van der Waals surface area contributed by atoms with E-state index in [4.69, 9.17) is 61.1 Å². The molecular formula is C51H53Cl4LiN6O7S2. The van der Waals surface area contributed by atoms with Crippen LogP contribution in [-0.2, 0) is 27.2 Å². The number of carbonyl (C=O) groups is 4. The molecule has 4 aromatic carbocycles.